The summed E-state index contributed by atoms with van der Waals surface area (Å²) in [5.74, 6) is 0.407. The largest absolute Gasteiger partial charge is 0.508 e. The van der Waals surface area contributed by atoms with Crippen molar-refractivity contribution in [3.05, 3.63) is 65.7 Å². The third kappa shape index (κ3) is 4.95. The molecule has 0 bridgehead atoms. The zero-order valence-corrected chi connectivity index (χ0v) is 12.3. The van der Waals surface area contributed by atoms with Crippen LogP contribution in [0.2, 0.25) is 0 Å². The van der Waals surface area contributed by atoms with Gasteiger partial charge in [-0.1, -0.05) is 42.5 Å². The minimum atomic E-state index is 0.152. The van der Waals surface area contributed by atoms with Crippen LogP contribution in [0.15, 0.2) is 54.6 Å². The smallest absolute Gasteiger partial charge is 0.222 e. The summed E-state index contributed by atoms with van der Waals surface area (Å²) in [7, 11) is 1.85. The van der Waals surface area contributed by atoms with E-state index in [0.717, 1.165) is 18.5 Å². The molecule has 1 amide bonds. The van der Waals surface area contributed by atoms with Crippen molar-refractivity contribution in [3.8, 4) is 5.75 Å². The number of nitrogens with zero attached hydrogens (tertiary/aromatic N) is 1. The molecule has 0 spiro atoms. The average Bonchev–Trinajstić information content (AvgIpc) is 2.52. The van der Waals surface area contributed by atoms with Crippen LogP contribution < -0.4 is 0 Å². The highest BCUT2D eigenvalue weighted by atomic mass is 16.3. The Balaban J connectivity index is 1.76. The number of phenolic OH excluding ortho intramolecular Hbond substituents is 1. The quantitative estimate of drug-likeness (QED) is 0.885. The van der Waals surface area contributed by atoms with E-state index in [2.05, 4.69) is 12.1 Å². The fraction of sp³-hybridized carbons (Fsp3) is 0.278. The van der Waals surface area contributed by atoms with Gasteiger partial charge in [-0.3, -0.25) is 4.79 Å². The summed E-state index contributed by atoms with van der Waals surface area (Å²) in [4.78, 5) is 13.9. The SMILES string of the molecule is CN(CCc1ccccc1)C(=O)CCc1ccc(O)cc1. The number of carbonyl (C=O) groups is 1. The van der Waals surface area contributed by atoms with E-state index in [4.69, 9.17) is 0 Å². The van der Waals surface area contributed by atoms with E-state index >= 15 is 0 Å². The Labute approximate surface area is 125 Å². The number of hydrogen-bond acceptors (Lipinski definition) is 2. The van der Waals surface area contributed by atoms with Crippen LogP contribution in [0.4, 0.5) is 0 Å². The predicted molar refractivity (Wildman–Crippen MR) is 84.2 cm³/mol. The molecule has 2 aromatic carbocycles. The van der Waals surface area contributed by atoms with Gasteiger partial charge >= 0.3 is 0 Å². The number of hydrogen-bond donors (Lipinski definition) is 1. The van der Waals surface area contributed by atoms with Gasteiger partial charge in [0, 0.05) is 20.0 Å². The van der Waals surface area contributed by atoms with Crippen molar-refractivity contribution < 1.29 is 9.90 Å². The van der Waals surface area contributed by atoms with Gasteiger partial charge in [0.15, 0.2) is 0 Å². The summed E-state index contributed by atoms with van der Waals surface area (Å²) in [6.45, 7) is 0.735. The molecule has 0 atom stereocenters. The van der Waals surface area contributed by atoms with Gasteiger partial charge in [0.05, 0.1) is 0 Å². The Hall–Kier alpha value is -2.29. The van der Waals surface area contributed by atoms with E-state index in [9.17, 15) is 9.90 Å². The van der Waals surface area contributed by atoms with Crippen LogP contribution in [0.25, 0.3) is 0 Å². The van der Waals surface area contributed by atoms with Gasteiger partial charge in [0.2, 0.25) is 5.91 Å². The summed E-state index contributed by atoms with van der Waals surface area (Å²) >= 11 is 0. The molecular formula is C18H21NO2. The number of phenols is 1. The van der Waals surface area contributed by atoms with Gasteiger partial charge < -0.3 is 10.0 Å². The molecule has 0 heterocycles. The van der Waals surface area contributed by atoms with Crippen LogP contribution in [0.3, 0.4) is 0 Å². The third-order valence-corrected chi connectivity index (χ3v) is 3.57. The van der Waals surface area contributed by atoms with Crippen molar-refractivity contribution in [1.82, 2.24) is 4.90 Å². The zero-order valence-electron chi connectivity index (χ0n) is 12.3. The van der Waals surface area contributed by atoms with E-state index in [1.807, 2.05) is 37.4 Å². The molecule has 1 N–H and O–H groups in total. The first-order valence-corrected chi connectivity index (χ1v) is 7.21. The second-order valence-electron chi connectivity index (χ2n) is 5.22. The fourth-order valence-corrected chi connectivity index (χ4v) is 2.17. The molecule has 0 aliphatic carbocycles. The van der Waals surface area contributed by atoms with Crippen LogP contribution in [0.5, 0.6) is 5.75 Å². The number of amides is 1. The third-order valence-electron chi connectivity index (χ3n) is 3.57. The fourth-order valence-electron chi connectivity index (χ4n) is 2.17. The van der Waals surface area contributed by atoms with Crippen LogP contribution >= 0.6 is 0 Å². The summed E-state index contributed by atoms with van der Waals surface area (Å²) in [5.41, 5.74) is 2.31. The van der Waals surface area contributed by atoms with Crippen LogP contribution in [-0.2, 0) is 17.6 Å². The molecule has 3 nitrogen and oxygen atoms in total. The predicted octanol–water partition coefficient (Wildman–Crippen LogP) is 3.03. The molecule has 0 saturated heterocycles. The normalized spacial score (nSPS) is 10.3. The zero-order chi connectivity index (χ0) is 15.1. The first-order chi connectivity index (χ1) is 10.1. The standard InChI is InChI=1S/C18H21NO2/c1-19(14-13-15-5-3-2-4-6-15)18(21)12-9-16-7-10-17(20)11-8-16/h2-8,10-11,20H,9,12-14H2,1H3. The lowest BCUT2D eigenvalue weighted by Gasteiger charge is -2.17. The lowest BCUT2D eigenvalue weighted by molar-refractivity contribution is -0.129. The number of aromatic hydroxyl groups is 1. The molecule has 0 radical (unpaired) electrons. The molecule has 0 saturated carbocycles. The Kier molecular flexibility index (Phi) is 5.38. The number of likely N-dealkylation sites (N-methyl/N-ethyl adjacent to an activating group) is 1. The van der Waals surface area contributed by atoms with E-state index in [1.54, 1.807) is 17.0 Å². The highest BCUT2D eigenvalue weighted by molar-refractivity contribution is 5.76. The molecule has 0 aliphatic rings. The van der Waals surface area contributed by atoms with Gasteiger partial charge in [-0.15, -0.1) is 0 Å². The van der Waals surface area contributed by atoms with Crippen molar-refractivity contribution >= 4 is 5.91 Å². The van der Waals surface area contributed by atoms with Crippen molar-refractivity contribution in [1.29, 1.82) is 0 Å². The summed E-state index contributed by atoms with van der Waals surface area (Å²) in [5, 5.41) is 9.23. The Bertz CT molecular complexity index is 564. The average molecular weight is 283 g/mol. The van der Waals surface area contributed by atoms with E-state index in [1.165, 1.54) is 5.56 Å². The van der Waals surface area contributed by atoms with Gasteiger partial charge in [-0.2, -0.15) is 0 Å². The molecule has 2 aromatic rings. The molecule has 0 aliphatic heterocycles. The van der Waals surface area contributed by atoms with Gasteiger partial charge in [-0.05, 0) is 36.1 Å². The molecule has 2 rings (SSSR count). The van der Waals surface area contributed by atoms with E-state index < -0.39 is 0 Å². The van der Waals surface area contributed by atoms with Crippen molar-refractivity contribution in [2.75, 3.05) is 13.6 Å². The summed E-state index contributed by atoms with van der Waals surface area (Å²) < 4.78 is 0. The maximum absolute atomic E-state index is 12.1. The topological polar surface area (TPSA) is 40.5 Å². The number of benzene rings is 2. The minimum Gasteiger partial charge on any atom is -0.508 e. The first-order valence-electron chi connectivity index (χ1n) is 7.21. The maximum Gasteiger partial charge on any atom is 0.222 e. The van der Waals surface area contributed by atoms with Gasteiger partial charge in [0.1, 0.15) is 5.75 Å². The number of carbonyl (C=O) groups excluding carboxylic acids is 1. The Morgan fingerprint density at radius 1 is 0.952 bits per heavy atom. The Morgan fingerprint density at radius 3 is 2.24 bits per heavy atom. The summed E-state index contributed by atoms with van der Waals surface area (Å²) in [6, 6.07) is 17.2. The van der Waals surface area contributed by atoms with E-state index in [-0.39, 0.29) is 11.7 Å². The lowest BCUT2D eigenvalue weighted by atomic mass is 10.1. The minimum absolute atomic E-state index is 0.152. The first kappa shape index (κ1) is 15.1. The molecular weight excluding hydrogens is 262 g/mol. The highest BCUT2D eigenvalue weighted by Crippen LogP contribution is 2.11. The van der Waals surface area contributed by atoms with Crippen LogP contribution in [-0.4, -0.2) is 29.5 Å². The van der Waals surface area contributed by atoms with E-state index in [0.29, 0.717) is 12.8 Å². The molecule has 0 unspecified atom stereocenters. The van der Waals surface area contributed by atoms with Crippen molar-refractivity contribution in [2.45, 2.75) is 19.3 Å². The number of rotatable bonds is 6. The second-order valence-corrected chi connectivity index (χ2v) is 5.22. The lowest BCUT2D eigenvalue weighted by Crippen LogP contribution is -2.29. The molecule has 3 heteroatoms. The molecule has 21 heavy (non-hydrogen) atoms. The molecule has 0 fully saturated rings. The van der Waals surface area contributed by atoms with Crippen molar-refractivity contribution in [2.24, 2.45) is 0 Å². The van der Waals surface area contributed by atoms with Gasteiger partial charge in [0.25, 0.3) is 0 Å². The summed E-state index contributed by atoms with van der Waals surface area (Å²) in [6.07, 6.45) is 2.08. The monoisotopic (exact) mass is 283 g/mol. The van der Waals surface area contributed by atoms with Crippen LogP contribution in [0.1, 0.15) is 17.5 Å². The van der Waals surface area contributed by atoms with Crippen LogP contribution in [0, 0.1) is 0 Å². The Morgan fingerprint density at radius 2 is 1.57 bits per heavy atom. The van der Waals surface area contributed by atoms with Crippen molar-refractivity contribution in [3.63, 3.8) is 0 Å². The second kappa shape index (κ2) is 7.48. The van der Waals surface area contributed by atoms with Gasteiger partial charge in [-0.25, -0.2) is 0 Å². The highest BCUT2D eigenvalue weighted by Gasteiger charge is 2.08. The molecule has 110 valence electrons. The maximum atomic E-state index is 12.1. The number of aryl methyl sites for hydroxylation is 1. The molecule has 0 aromatic heterocycles.